The zero-order chi connectivity index (χ0) is 14.9. The van der Waals surface area contributed by atoms with Crippen LogP contribution in [0.5, 0.6) is 0 Å². The molecule has 0 unspecified atom stereocenters. The molecule has 2 heterocycles. The van der Waals surface area contributed by atoms with Gasteiger partial charge in [0.1, 0.15) is 5.52 Å². The number of nitrogens with one attached hydrogen (secondary N) is 1. The summed E-state index contributed by atoms with van der Waals surface area (Å²) in [5.74, 6) is 0. The first-order valence-corrected chi connectivity index (χ1v) is 7.70. The molecule has 3 aromatic rings. The van der Waals surface area contributed by atoms with Crippen LogP contribution in [0.15, 0.2) is 53.9 Å². The SMILES string of the molecule is Cc1ccc(S(=O)(=O)Nc2cccc3nccnc23)nc1. The molecule has 6 nitrogen and oxygen atoms in total. The zero-order valence-corrected chi connectivity index (χ0v) is 12.0. The van der Waals surface area contributed by atoms with Crippen LogP contribution in [0.3, 0.4) is 0 Å². The summed E-state index contributed by atoms with van der Waals surface area (Å²) in [4.78, 5) is 12.2. The van der Waals surface area contributed by atoms with E-state index in [1.165, 1.54) is 18.5 Å². The van der Waals surface area contributed by atoms with Gasteiger partial charge in [0.15, 0.2) is 5.03 Å². The van der Waals surface area contributed by atoms with Crippen LogP contribution < -0.4 is 4.72 Å². The van der Waals surface area contributed by atoms with E-state index in [9.17, 15) is 8.42 Å². The van der Waals surface area contributed by atoms with Crippen molar-refractivity contribution in [1.29, 1.82) is 0 Å². The topological polar surface area (TPSA) is 84.8 Å². The Balaban J connectivity index is 2.03. The quantitative estimate of drug-likeness (QED) is 0.801. The van der Waals surface area contributed by atoms with E-state index in [1.807, 2.05) is 6.92 Å². The van der Waals surface area contributed by atoms with Gasteiger partial charge < -0.3 is 0 Å². The van der Waals surface area contributed by atoms with E-state index in [4.69, 9.17) is 0 Å². The van der Waals surface area contributed by atoms with Crippen LogP contribution in [0.1, 0.15) is 5.56 Å². The van der Waals surface area contributed by atoms with E-state index in [1.54, 1.807) is 30.5 Å². The molecule has 1 N–H and O–H groups in total. The number of sulfonamides is 1. The van der Waals surface area contributed by atoms with Crippen molar-refractivity contribution < 1.29 is 8.42 Å². The molecule has 0 amide bonds. The van der Waals surface area contributed by atoms with Crippen molar-refractivity contribution in [2.45, 2.75) is 11.9 Å². The first kappa shape index (κ1) is 13.4. The lowest BCUT2D eigenvalue weighted by Gasteiger charge is -2.09. The van der Waals surface area contributed by atoms with E-state index in [2.05, 4.69) is 19.7 Å². The van der Waals surface area contributed by atoms with Crippen LogP contribution in [0.4, 0.5) is 5.69 Å². The van der Waals surface area contributed by atoms with Crippen molar-refractivity contribution in [3.05, 3.63) is 54.5 Å². The summed E-state index contributed by atoms with van der Waals surface area (Å²) in [6.45, 7) is 1.84. The second-order valence-corrected chi connectivity index (χ2v) is 6.14. The van der Waals surface area contributed by atoms with Crippen LogP contribution >= 0.6 is 0 Å². The number of rotatable bonds is 3. The van der Waals surface area contributed by atoms with Crippen LogP contribution in [0, 0.1) is 6.92 Å². The Morgan fingerprint density at radius 1 is 1.00 bits per heavy atom. The maximum atomic E-state index is 12.3. The molecule has 21 heavy (non-hydrogen) atoms. The van der Waals surface area contributed by atoms with Crippen molar-refractivity contribution in [1.82, 2.24) is 15.0 Å². The smallest absolute Gasteiger partial charge is 0.276 e. The molecule has 1 aromatic carbocycles. The molecule has 106 valence electrons. The highest BCUT2D eigenvalue weighted by Gasteiger charge is 2.17. The summed E-state index contributed by atoms with van der Waals surface area (Å²) in [6.07, 6.45) is 4.59. The molecule has 3 rings (SSSR count). The number of pyridine rings is 1. The number of fused-ring (bicyclic) bond motifs is 1. The standard InChI is InChI=1S/C14H12N4O2S/c1-10-5-6-13(17-9-10)21(19,20)18-12-4-2-3-11-14(12)16-8-7-15-11/h2-9,18H,1H3. The molecule has 0 fully saturated rings. The number of hydrogen-bond donors (Lipinski definition) is 1. The number of aromatic nitrogens is 3. The number of benzene rings is 1. The molecule has 0 aliphatic rings. The van der Waals surface area contributed by atoms with E-state index in [-0.39, 0.29) is 5.03 Å². The maximum Gasteiger partial charge on any atom is 0.279 e. The monoisotopic (exact) mass is 300 g/mol. The Morgan fingerprint density at radius 2 is 1.81 bits per heavy atom. The minimum Gasteiger partial charge on any atom is -0.276 e. The molecule has 0 bridgehead atoms. The minimum atomic E-state index is -3.75. The Bertz CT molecular complexity index is 887. The molecule has 0 aliphatic carbocycles. The highest BCUT2D eigenvalue weighted by atomic mass is 32.2. The molecule has 2 aromatic heterocycles. The largest absolute Gasteiger partial charge is 0.279 e. The number of aryl methyl sites for hydroxylation is 1. The fraction of sp³-hybridized carbons (Fsp3) is 0.0714. The molecular weight excluding hydrogens is 288 g/mol. The fourth-order valence-electron chi connectivity index (χ4n) is 1.89. The average molecular weight is 300 g/mol. The Hall–Kier alpha value is -2.54. The van der Waals surface area contributed by atoms with E-state index in [0.29, 0.717) is 16.7 Å². The van der Waals surface area contributed by atoms with Crippen molar-refractivity contribution in [2.24, 2.45) is 0 Å². The summed E-state index contributed by atoms with van der Waals surface area (Å²) in [6, 6.07) is 8.30. The van der Waals surface area contributed by atoms with E-state index >= 15 is 0 Å². The summed E-state index contributed by atoms with van der Waals surface area (Å²) >= 11 is 0. The predicted molar refractivity (Wildman–Crippen MR) is 79.3 cm³/mol. The zero-order valence-electron chi connectivity index (χ0n) is 11.2. The lowest BCUT2D eigenvalue weighted by molar-refractivity contribution is 0.597. The fourth-order valence-corrected chi connectivity index (χ4v) is 2.88. The summed E-state index contributed by atoms with van der Waals surface area (Å²) < 4.78 is 27.2. The van der Waals surface area contributed by atoms with Gasteiger partial charge in [-0.15, -0.1) is 0 Å². The third-order valence-corrected chi connectivity index (χ3v) is 4.18. The first-order valence-electron chi connectivity index (χ1n) is 6.21. The van der Waals surface area contributed by atoms with Gasteiger partial charge in [0.05, 0.1) is 11.2 Å². The van der Waals surface area contributed by atoms with Gasteiger partial charge in [-0.3, -0.25) is 14.7 Å². The number of para-hydroxylation sites is 1. The molecule has 7 heteroatoms. The molecule has 0 radical (unpaired) electrons. The highest BCUT2D eigenvalue weighted by molar-refractivity contribution is 7.92. The number of anilines is 1. The van der Waals surface area contributed by atoms with Gasteiger partial charge in [0.25, 0.3) is 10.0 Å². The highest BCUT2D eigenvalue weighted by Crippen LogP contribution is 2.21. The Kier molecular flexibility index (Phi) is 3.26. The van der Waals surface area contributed by atoms with Gasteiger partial charge in [-0.05, 0) is 30.7 Å². The van der Waals surface area contributed by atoms with Crippen molar-refractivity contribution in [2.75, 3.05) is 4.72 Å². The van der Waals surface area contributed by atoms with E-state index < -0.39 is 10.0 Å². The van der Waals surface area contributed by atoms with Gasteiger partial charge in [-0.25, -0.2) is 4.98 Å². The normalized spacial score (nSPS) is 11.5. The van der Waals surface area contributed by atoms with Crippen molar-refractivity contribution >= 4 is 26.7 Å². The summed E-state index contributed by atoms with van der Waals surface area (Å²) in [7, 11) is -3.75. The second kappa shape index (κ2) is 5.10. The van der Waals surface area contributed by atoms with Gasteiger partial charge in [-0.1, -0.05) is 12.1 Å². The Morgan fingerprint density at radius 3 is 2.57 bits per heavy atom. The van der Waals surface area contributed by atoms with Crippen LogP contribution in [-0.2, 0) is 10.0 Å². The summed E-state index contributed by atoms with van der Waals surface area (Å²) in [5.41, 5.74) is 2.39. The third-order valence-electron chi connectivity index (χ3n) is 2.90. The lowest BCUT2D eigenvalue weighted by Crippen LogP contribution is -2.15. The van der Waals surface area contributed by atoms with Gasteiger partial charge >= 0.3 is 0 Å². The molecule has 0 saturated carbocycles. The first-order chi connectivity index (χ1) is 10.1. The van der Waals surface area contributed by atoms with Crippen molar-refractivity contribution in [3.8, 4) is 0 Å². The van der Waals surface area contributed by atoms with Crippen LogP contribution in [0.2, 0.25) is 0 Å². The molecule has 0 atom stereocenters. The van der Waals surface area contributed by atoms with Crippen LogP contribution in [0.25, 0.3) is 11.0 Å². The average Bonchev–Trinajstić information content (AvgIpc) is 2.48. The van der Waals surface area contributed by atoms with Gasteiger partial charge in [-0.2, -0.15) is 8.42 Å². The van der Waals surface area contributed by atoms with E-state index in [0.717, 1.165) is 5.56 Å². The van der Waals surface area contributed by atoms with Crippen molar-refractivity contribution in [3.63, 3.8) is 0 Å². The molecule has 0 saturated heterocycles. The second-order valence-electron chi connectivity index (χ2n) is 4.51. The number of hydrogen-bond acceptors (Lipinski definition) is 5. The van der Waals surface area contributed by atoms with Gasteiger partial charge in [0.2, 0.25) is 0 Å². The third kappa shape index (κ3) is 2.68. The van der Waals surface area contributed by atoms with Crippen LogP contribution in [-0.4, -0.2) is 23.4 Å². The van der Waals surface area contributed by atoms with Gasteiger partial charge in [0, 0.05) is 18.6 Å². The predicted octanol–water partition coefficient (Wildman–Crippen LogP) is 2.13. The molecular formula is C14H12N4O2S. The molecule has 0 aliphatic heterocycles. The molecule has 0 spiro atoms. The Labute approximate surface area is 122 Å². The number of nitrogens with zero attached hydrogens (tertiary/aromatic N) is 3. The maximum absolute atomic E-state index is 12.3. The summed E-state index contributed by atoms with van der Waals surface area (Å²) in [5, 5.41) is -0.0333. The minimum absolute atomic E-state index is 0.0333. The lowest BCUT2D eigenvalue weighted by atomic mass is 10.2.